The molecule has 0 fully saturated rings. The van der Waals surface area contributed by atoms with E-state index in [0.29, 0.717) is 24.9 Å². The number of alkyl halides is 3. The van der Waals surface area contributed by atoms with Gasteiger partial charge in [0.25, 0.3) is 0 Å². The predicted molar refractivity (Wildman–Crippen MR) is 125 cm³/mol. The molecule has 3 rings (SSSR count). The van der Waals surface area contributed by atoms with Gasteiger partial charge in [-0.1, -0.05) is 51.4 Å². The second kappa shape index (κ2) is 9.77. The van der Waals surface area contributed by atoms with Gasteiger partial charge in [0.1, 0.15) is 11.3 Å². The van der Waals surface area contributed by atoms with Crippen molar-refractivity contribution in [2.24, 2.45) is 11.8 Å². The van der Waals surface area contributed by atoms with Crippen LogP contribution in [-0.2, 0) is 12.7 Å². The molecule has 0 spiro atoms. The predicted octanol–water partition coefficient (Wildman–Crippen LogP) is 6.95. The monoisotopic (exact) mass is 481 g/mol. The minimum Gasteiger partial charge on any atom is -0.507 e. The second-order valence-corrected chi connectivity index (χ2v) is 9.50. The van der Waals surface area contributed by atoms with Crippen LogP contribution in [0.1, 0.15) is 39.0 Å². The Morgan fingerprint density at radius 1 is 1.06 bits per heavy atom. The number of fused-ring (bicyclic) bond motifs is 1. The maximum Gasteiger partial charge on any atom is 0.450 e. The number of benzene rings is 2. The van der Waals surface area contributed by atoms with Gasteiger partial charge in [0.05, 0.1) is 16.5 Å². The van der Waals surface area contributed by atoms with Crippen LogP contribution in [0.3, 0.4) is 0 Å². The molecule has 4 nitrogen and oxygen atoms in total. The van der Waals surface area contributed by atoms with Crippen LogP contribution in [0, 0.1) is 11.8 Å². The zero-order valence-corrected chi connectivity index (χ0v) is 19.7. The molecule has 0 bridgehead atoms. The molecule has 3 aromatic rings. The van der Waals surface area contributed by atoms with Gasteiger partial charge in [0.2, 0.25) is 11.2 Å². The molecule has 0 aliphatic heterocycles. The minimum absolute atomic E-state index is 0.0151. The third kappa shape index (κ3) is 5.71. The Hall–Kier alpha value is -2.51. The number of hydrogen-bond acceptors (Lipinski definition) is 4. The van der Waals surface area contributed by atoms with Crippen LogP contribution in [0.15, 0.2) is 45.6 Å². The van der Waals surface area contributed by atoms with Crippen molar-refractivity contribution in [1.29, 1.82) is 0 Å². The van der Waals surface area contributed by atoms with Gasteiger partial charge in [-0.2, -0.15) is 13.2 Å². The van der Waals surface area contributed by atoms with Crippen LogP contribution >= 0.6 is 11.6 Å². The Labute approximate surface area is 195 Å². The average molecular weight is 482 g/mol. The lowest BCUT2D eigenvalue weighted by atomic mass is 10.00. The van der Waals surface area contributed by atoms with Crippen molar-refractivity contribution >= 4 is 22.6 Å². The molecule has 0 unspecified atom stereocenters. The summed E-state index contributed by atoms with van der Waals surface area (Å²) in [4.78, 5) is 15.4. The van der Waals surface area contributed by atoms with E-state index >= 15 is 0 Å². The maximum absolute atomic E-state index is 14.0. The van der Waals surface area contributed by atoms with E-state index in [2.05, 4.69) is 0 Å². The van der Waals surface area contributed by atoms with Crippen molar-refractivity contribution in [3.63, 3.8) is 0 Å². The van der Waals surface area contributed by atoms with Crippen LogP contribution in [0.25, 0.3) is 22.1 Å². The second-order valence-electron chi connectivity index (χ2n) is 9.07. The van der Waals surface area contributed by atoms with E-state index in [9.17, 15) is 23.1 Å². The van der Waals surface area contributed by atoms with E-state index in [1.807, 2.05) is 32.6 Å². The quantitative estimate of drug-likeness (QED) is 0.396. The maximum atomic E-state index is 14.0. The molecular weight excluding hydrogens is 455 g/mol. The van der Waals surface area contributed by atoms with E-state index in [-0.39, 0.29) is 39.4 Å². The average Bonchev–Trinajstić information content (AvgIpc) is 2.68. The molecule has 0 aliphatic rings. The van der Waals surface area contributed by atoms with Crippen LogP contribution in [-0.4, -0.2) is 23.1 Å². The zero-order valence-electron chi connectivity index (χ0n) is 19.0. The van der Waals surface area contributed by atoms with E-state index in [0.717, 1.165) is 0 Å². The van der Waals surface area contributed by atoms with Crippen molar-refractivity contribution < 1.29 is 22.7 Å². The highest BCUT2D eigenvalue weighted by Gasteiger charge is 2.40. The molecule has 1 heterocycles. The van der Waals surface area contributed by atoms with Crippen LogP contribution in [0.4, 0.5) is 13.2 Å². The van der Waals surface area contributed by atoms with Gasteiger partial charge < -0.3 is 9.52 Å². The van der Waals surface area contributed by atoms with E-state index < -0.39 is 22.9 Å². The topological polar surface area (TPSA) is 53.7 Å². The molecule has 1 N–H and O–H groups in total. The summed E-state index contributed by atoms with van der Waals surface area (Å²) in [5.41, 5.74) is -1.51. The molecule has 0 radical (unpaired) electrons. The van der Waals surface area contributed by atoms with E-state index in [4.69, 9.17) is 16.0 Å². The first-order valence-corrected chi connectivity index (χ1v) is 11.1. The Morgan fingerprint density at radius 3 is 2.24 bits per heavy atom. The van der Waals surface area contributed by atoms with Crippen LogP contribution in [0.2, 0.25) is 5.02 Å². The fourth-order valence-electron chi connectivity index (χ4n) is 4.02. The van der Waals surface area contributed by atoms with E-state index in [1.54, 1.807) is 0 Å². The van der Waals surface area contributed by atoms with Crippen molar-refractivity contribution in [2.45, 2.75) is 40.4 Å². The molecule has 33 heavy (non-hydrogen) atoms. The number of halogens is 4. The highest BCUT2D eigenvalue weighted by molar-refractivity contribution is 6.30. The first-order chi connectivity index (χ1) is 15.4. The number of hydrogen-bond donors (Lipinski definition) is 1. The Kier molecular flexibility index (Phi) is 7.44. The smallest absolute Gasteiger partial charge is 0.450 e. The summed E-state index contributed by atoms with van der Waals surface area (Å²) in [5, 5.41) is 10.7. The summed E-state index contributed by atoms with van der Waals surface area (Å²) in [6.45, 7) is 9.64. The van der Waals surface area contributed by atoms with Crippen molar-refractivity contribution in [1.82, 2.24) is 4.90 Å². The summed E-state index contributed by atoms with van der Waals surface area (Å²) in [6, 6.07) is 8.28. The Bertz CT molecular complexity index is 1190. The SMILES string of the molecule is CC(C)CN(Cc1c(O)ccc2c(=O)c(-c3cccc(Cl)c3)c(C(F)(F)F)oc12)CC(C)C. The van der Waals surface area contributed by atoms with Crippen LogP contribution in [0.5, 0.6) is 5.75 Å². The third-order valence-electron chi connectivity index (χ3n) is 5.14. The van der Waals surface area contributed by atoms with Crippen molar-refractivity contribution in [3.05, 3.63) is 63.0 Å². The zero-order chi connectivity index (χ0) is 24.5. The number of nitrogens with zero attached hydrogens (tertiary/aromatic N) is 1. The number of rotatable bonds is 7. The van der Waals surface area contributed by atoms with Gasteiger partial charge in [-0.05, 0) is 41.7 Å². The van der Waals surface area contributed by atoms with Crippen molar-refractivity contribution in [2.75, 3.05) is 13.1 Å². The van der Waals surface area contributed by atoms with Gasteiger partial charge >= 0.3 is 6.18 Å². The lowest BCUT2D eigenvalue weighted by Crippen LogP contribution is -2.31. The third-order valence-corrected chi connectivity index (χ3v) is 5.37. The highest BCUT2D eigenvalue weighted by atomic mass is 35.5. The van der Waals surface area contributed by atoms with Gasteiger partial charge in [-0.25, -0.2) is 0 Å². The summed E-state index contributed by atoms with van der Waals surface area (Å²) in [6.07, 6.45) is -4.93. The highest BCUT2D eigenvalue weighted by Crippen LogP contribution is 2.39. The molecule has 0 saturated heterocycles. The molecule has 178 valence electrons. The largest absolute Gasteiger partial charge is 0.507 e. The first kappa shape index (κ1) is 25.1. The summed E-state index contributed by atoms with van der Waals surface area (Å²) >= 11 is 5.97. The van der Waals surface area contributed by atoms with Crippen molar-refractivity contribution in [3.8, 4) is 16.9 Å². The number of aromatic hydroxyl groups is 1. The number of phenolic OH excluding ortho intramolecular Hbond substituents is 1. The van der Waals surface area contributed by atoms with Gasteiger partial charge in [-0.15, -0.1) is 0 Å². The van der Waals surface area contributed by atoms with Crippen LogP contribution < -0.4 is 5.43 Å². The molecular formula is C25H27ClF3NO3. The Balaban J connectivity index is 2.29. The fourth-order valence-corrected chi connectivity index (χ4v) is 4.21. The first-order valence-electron chi connectivity index (χ1n) is 10.8. The molecule has 2 aromatic carbocycles. The summed E-state index contributed by atoms with van der Waals surface area (Å²) < 4.78 is 47.5. The summed E-state index contributed by atoms with van der Waals surface area (Å²) in [5.74, 6) is -1.03. The lowest BCUT2D eigenvalue weighted by molar-refractivity contribution is -0.152. The standard InChI is InChI=1S/C25H27ClF3NO3/c1-14(2)11-30(12-15(3)4)13-19-20(31)9-8-18-22(32)21(16-6-5-7-17(26)10-16)24(25(27,28)29)33-23(18)19/h5-10,14-15,31H,11-13H2,1-4H3. The van der Waals surface area contributed by atoms with Gasteiger partial charge in [-0.3, -0.25) is 9.69 Å². The fraction of sp³-hybridized carbons (Fsp3) is 0.400. The molecule has 0 atom stereocenters. The Morgan fingerprint density at radius 2 is 1.70 bits per heavy atom. The molecule has 0 amide bonds. The number of phenols is 1. The van der Waals surface area contributed by atoms with E-state index in [1.165, 1.54) is 36.4 Å². The molecule has 0 saturated carbocycles. The molecule has 1 aromatic heterocycles. The summed E-state index contributed by atoms with van der Waals surface area (Å²) in [7, 11) is 0. The van der Waals surface area contributed by atoms with Gasteiger partial charge in [0.15, 0.2) is 0 Å². The molecule has 0 aliphatic carbocycles. The van der Waals surface area contributed by atoms with Gasteiger partial charge in [0, 0.05) is 24.7 Å². The normalized spacial score (nSPS) is 12.5. The minimum atomic E-state index is -4.93. The molecule has 8 heteroatoms. The lowest BCUT2D eigenvalue weighted by Gasteiger charge is -2.27.